The molecule has 1 aliphatic carbocycles. The minimum absolute atomic E-state index is 0. The summed E-state index contributed by atoms with van der Waals surface area (Å²) in [7, 11) is -16.2. The summed E-state index contributed by atoms with van der Waals surface area (Å²) in [6.45, 7) is 0. The fourth-order valence-corrected chi connectivity index (χ4v) is 0.606. The van der Waals surface area contributed by atoms with Gasteiger partial charge in [0.1, 0.15) is 0 Å². The van der Waals surface area contributed by atoms with Crippen LogP contribution in [0.3, 0.4) is 0 Å². The van der Waals surface area contributed by atoms with Crippen LogP contribution in [-0.4, -0.2) is 86.4 Å². The van der Waals surface area contributed by atoms with E-state index in [-0.39, 0.29) is 51.4 Å². The molecule has 22 heavy (non-hydrogen) atoms. The zero-order valence-electron chi connectivity index (χ0n) is 10.4. The van der Waals surface area contributed by atoms with Crippen LogP contribution < -0.4 is 0 Å². The molecule has 0 amide bonds. The third-order valence-electron chi connectivity index (χ3n) is 1.39. The van der Waals surface area contributed by atoms with Crippen LogP contribution in [0, 0.1) is 0 Å². The van der Waals surface area contributed by atoms with Crippen molar-refractivity contribution in [1.82, 2.24) is 0 Å². The van der Waals surface area contributed by atoms with E-state index in [9.17, 15) is 51.8 Å². The second-order valence-electron chi connectivity index (χ2n) is 3.27. The van der Waals surface area contributed by atoms with Crippen LogP contribution in [0.25, 0.3) is 0 Å². The maximum atomic E-state index is 9.75. The normalized spacial score (nSPS) is 14.6. The molecule has 0 radical (unpaired) electrons. The van der Waals surface area contributed by atoms with Crippen molar-refractivity contribution in [3.05, 3.63) is 0 Å². The Kier molecular flexibility index (Phi) is 20.0. The predicted octanol–water partition coefficient (Wildman–Crippen LogP) is 4.44. The standard InChI is InChI=1S/C5H10O.3BF4.K.H/c1-6-5-3-2-4-5;3*2-1(3,4)5;;/h5H,2-4H2,1H3;;;;;/q;3*-1;;. The number of hydrogen-bond acceptors (Lipinski definition) is 1. The quantitative estimate of drug-likeness (QED) is 0.478. The van der Waals surface area contributed by atoms with E-state index in [0.29, 0.717) is 6.10 Å². The Bertz CT molecular complexity index is 189. The summed E-state index contributed by atoms with van der Waals surface area (Å²) in [5, 5.41) is 0. The van der Waals surface area contributed by atoms with Gasteiger partial charge in [0.05, 0.1) is 6.10 Å². The van der Waals surface area contributed by atoms with Gasteiger partial charge >= 0.3 is 73.1 Å². The van der Waals surface area contributed by atoms with Crippen LogP contribution in [0.5, 0.6) is 0 Å². The Morgan fingerprint density at radius 3 is 0.818 bits per heavy atom. The summed E-state index contributed by atoms with van der Waals surface area (Å²) < 4.78 is 122. The van der Waals surface area contributed by atoms with E-state index in [1.165, 1.54) is 19.3 Å². The zero-order chi connectivity index (χ0) is 17.9. The number of hydrogen-bond donors (Lipinski definition) is 0. The van der Waals surface area contributed by atoms with Crippen molar-refractivity contribution in [2.75, 3.05) is 7.11 Å². The Balaban J connectivity index is -0.0000000973. The van der Waals surface area contributed by atoms with Gasteiger partial charge < -0.3 is 56.5 Å². The molecule has 0 heterocycles. The fourth-order valence-electron chi connectivity index (χ4n) is 0.606. The van der Waals surface area contributed by atoms with Crippen molar-refractivity contribution in [2.24, 2.45) is 0 Å². The van der Waals surface area contributed by atoms with Gasteiger partial charge in [-0.1, -0.05) is 0 Å². The van der Waals surface area contributed by atoms with Gasteiger partial charge in [-0.3, -0.25) is 0 Å². The molecule has 0 aliphatic heterocycles. The first kappa shape index (κ1) is 30.8. The maximum absolute atomic E-state index is 9.75. The molecule has 0 atom stereocenters. The van der Waals surface area contributed by atoms with E-state index in [2.05, 4.69) is 0 Å². The molecule has 17 heteroatoms. The monoisotopic (exact) mass is 387 g/mol. The summed E-state index contributed by atoms with van der Waals surface area (Å²) >= 11 is 0. The van der Waals surface area contributed by atoms with Gasteiger partial charge in [-0.05, 0) is 19.3 Å². The number of ether oxygens (including phenoxy) is 1. The Hall–Kier alpha value is 0.951. The molecular formula is C5H11B3F12KO-3. The van der Waals surface area contributed by atoms with Crippen LogP contribution in [0.15, 0.2) is 0 Å². The first-order chi connectivity index (χ1) is 8.93. The average Bonchev–Trinajstić information content (AvgIpc) is 1.89. The van der Waals surface area contributed by atoms with Gasteiger partial charge in [0.25, 0.3) is 0 Å². The number of halogens is 12. The van der Waals surface area contributed by atoms with Gasteiger partial charge in [0, 0.05) is 7.11 Å². The molecule has 0 bridgehead atoms. The van der Waals surface area contributed by atoms with Crippen molar-refractivity contribution < 1.29 is 56.5 Å². The summed E-state index contributed by atoms with van der Waals surface area (Å²) in [6.07, 6.45) is 4.57. The molecule has 1 aliphatic rings. The van der Waals surface area contributed by atoms with E-state index in [0.717, 1.165) is 0 Å². The summed E-state index contributed by atoms with van der Waals surface area (Å²) in [4.78, 5) is 0. The molecule has 134 valence electrons. The van der Waals surface area contributed by atoms with E-state index >= 15 is 0 Å². The van der Waals surface area contributed by atoms with Crippen molar-refractivity contribution in [1.29, 1.82) is 0 Å². The van der Waals surface area contributed by atoms with Gasteiger partial charge in [0.2, 0.25) is 0 Å². The fraction of sp³-hybridized carbons (Fsp3) is 1.00. The minimum atomic E-state index is -6.00. The molecular weight excluding hydrogens is 376 g/mol. The Morgan fingerprint density at radius 2 is 0.818 bits per heavy atom. The molecule has 0 saturated heterocycles. The van der Waals surface area contributed by atoms with Gasteiger partial charge in [-0.25, -0.2) is 0 Å². The first-order valence-corrected chi connectivity index (χ1v) is 5.08. The van der Waals surface area contributed by atoms with E-state index in [1.807, 2.05) is 0 Å². The van der Waals surface area contributed by atoms with Gasteiger partial charge in [-0.2, -0.15) is 0 Å². The molecule has 1 nitrogen and oxygen atoms in total. The molecule has 0 N–H and O–H groups in total. The van der Waals surface area contributed by atoms with Crippen molar-refractivity contribution >= 4 is 73.1 Å². The van der Waals surface area contributed by atoms with Crippen molar-refractivity contribution in [3.8, 4) is 0 Å². The molecule has 1 saturated carbocycles. The van der Waals surface area contributed by atoms with Crippen LogP contribution in [0.1, 0.15) is 19.3 Å². The number of methoxy groups -OCH3 is 1. The average molecular weight is 387 g/mol. The van der Waals surface area contributed by atoms with Crippen molar-refractivity contribution in [2.45, 2.75) is 25.4 Å². The molecule has 1 rings (SSSR count). The van der Waals surface area contributed by atoms with Crippen molar-refractivity contribution in [3.63, 3.8) is 0 Å². The molecule has 0 aromatic heterocycles. The van der Waals surface area contributed by atoms with Gasteiger partial charge in [-0.15, -0.1) is 0 Å². The Morgan fingerprint density at radius 1 is 0.636 bits per heavy atom. The topological polar surface area (TPSA) is 9.23 Å². The Labute approximate surface area is 161 Å². The van der Waals surface area contributed by atoms with Crippen LogP contribution in [-0.2, 0) is 4.74 Å². The predicted molar refractivity (Wildman–Crippen MR) is 62.4 cm³/mol. The van der Waals surface area contributed by atoms with Crippen LogP contribution in [0.2, 0.25) is 0 Å². The second kappa shape index (κ2) is 14.3. The third kappa shape index (κ3) is 104. The van der Waals surface area contributed by atoms with E-state index < -0.39 is 21.8 Å². The SMILES string of the molecule is COC1CCC1.F[B-](F)(F)F.F[B-](F)(F)F.F[B-](F)(F)F.[KH]. The molecule has 1 fully saturated rings. The summed E-state index contributed by atoms with van der Waals surface area (Å²) in [6, 6.07) is 0. The summed E-state index contributed by atoms with van der Waals surface area (Å²) in [5.41, 5.74) is 0. The summed E-state index contributed by atoms with van der Waals surface area (Å²) in [5.74, 6) is 0. The second-order valence-corrected chi connectivity index (χ2v) is 3.27. The molecule has 0 spiro atoms. The molecule has 0 unspecified atom stereocenters. The van der Waals surface area contributed by atoms with Gasteiger partial charge in [0.15, 0.2) is 0 Å². The van der Waals surface area contributed by atoms with E-state index in [1.54, 1.807) is 7.11 Å². The molecule has 0 aromatic rings. The van der Waals surface area contributed by atoms with E-state index in [4.69, 9.17) is 4.74 Å². The third-order valence-corrected chi connectivity index (χ3v) is 1.39. The molecule has 0 aromatic carbocycles. The van der Waals surface area contributed by atoms with Crippen LogP contribution >= 0.6 is 0 Å². The van der Waals surface area contributed by atoms with Crippen LogP contribution in [0.4, 0.5) is 51.8 Å². The number of rotatable bonds is 1. The zero-order valence-corrected chi connectivity index (χ0v) is 10.4. The first-order valence-electron chi connectivity index (χ1n) is 5.08.